The molecular weight excluding hydrogens is 586 g/mol. The highest BCUT2D eigenvalue weighted by Crippen LogP contribution is 2.50. The summed E-state index contributed by atoms with van der Waals surface area (Å²) in [7, 11) is 3.09. The van der Waals surface area contributed by atoms with E-state index in [0.717, 1.165) is 5.56 Å². The molecule has 0 radical (unpaired) electrons. The van der Waals surface area contributed by atoms with Crippen LogP contribution in [-0.4, -0.2) is 50.9 Å². The number of benzene rings is 3. The number of Topliss-reactive ketones (excluding diaryl/α,β-unsaturated/α-hetero) is 1. The molecule has 0 bridgehead atoms. The fourth-order valence-corrected chi connectivity index (χ4v) is 6.51. The summed E-state index contributed by atoms with van der Waals surface area (Å²) >= 11 is 0. The van der Waals surface area contributed by atoms with Crippen molar-refractivity contribution in [2.24, 2.45) is 16.8 Å². The van der Waals surface area contributed by atoms with E-state index in [1.54, 1.807) is 46.1 Å². The molecule has 0 saturated heterocycles. The van der Waals surface area contributed by atoms with Crippen LogP contribution in [-0.2, 0) is 30.5 Å². The van der Waals surface area contributed by atoms with E-state index in [1.807, 2.05) is 54.6 Å². The molecule has 2 aliphatic rings. The molecule has 0 N–H and O–H groups in total. The monoisotopic (exact) mass is 625 g/mol. The summed E-state index contributed by atoms with van der Waals surface area (Å²) in [5, 5.41) is 0. The average Bonchev–Trinajstić information content (AvgIpc) is 3.07. The Morgan fingerprint density at radius 2 is 1.52 bits per heavy atom. The Hall–Kier alpha value is -4.92. The molecule has 1 fully saturated rings. The van der Waals surface area contributed by atoms with Gasteiger partial charge in [0.2, 0.25) is 0 Å². The quantitative estimate of drug-likeness (QED) is 0.183. The van der Waals surface area contributed by atoms with Gasteiger partial charge in [-0.3, -0.25) is 14.6 Å². The number of hydrogen-bond acceptors (Lipinski definition) is 9. The number of hydrogen-bond donors (Lipinski definition) is 0. The molecule has 1 unspecified atom stereocenters. The number of ketones is 1. The molecule has 240 valence electrons. The number of esters is 2. The molecule has 0 aromatic heterocycles. The molecule has 1 saturated carbocycles. The van der Waals surface area contributed by atoms with Crippen LogP contribution in [0.15, 0.2) is 89.1 Å². The van der Waals surface area contributed by atoms with Crippen molar-refractivity contribution in [3.05, 3.63) is 101 Å². The molecule has 1 heterocycles. The molecular formula is C37H39NO8. The standard InChI is InChI=1S/C37H39NO8/c1-6-44-36(40)31-22(3)38-27-20-26(25-15-11-12-16-28(25)42-4)33(37(41)45-7-2)35(39)34(27)32(31)24-17-18-29(30(19-24)43-5)46-21-23-13-9-8-10-14-23/h8-19,26,32-34H,6-7,20-21H2,1-5H3/t26-,32-,33-,34?/m1/s1. The summed E-state index contributed by atoms with van der Waals surface area (Å²) in [5.74, 6) is -3.45. The SMILES string of the molecule is CCOC(=O)C1=C(C)N=C2C[C@H](c3ccccc3OC)[C@@H](C(=O)OCC)C(=O)C2[C@@H]1c1ccc(OCc2ccccc2)c(OC)c1. The molecule has 5 rings (SSSR count). The summed E-state index contributed by atoms with van der Waals surface area (Å²) in [5.41, 5.74) is 3.65. The minimum Gasteiger partial charge on any atom is -0.496 e. The smallest absolute Gasteiger partial charge is 0.336 e. The van der Waals surface area contributed by atoms with Gasteiger partial charge in [0.25, 0.3) is 0 Å². The number of nitrogens with zero attached hydrogens (tertiary/aromatic N) is 1. The third-order valence-electron chi connectivity index (χ3n) is 8.51. The van der Waals surface area contributed by atoms with E-state index in [0.29, 0.717) is 52.8 Å². The summed E-state index contributed by atoms with van der Waals surface area (Å²) < 4.78 is 28.4. The van der Waals surface area contributed by atoms with Crippen LogP contribution in [0.4, 0.5) is 0 Å². The lowest BCUT2D eigenvalue weighted by Crippen LogP contribution is -2.48. The fourth-order valence-electron chi connectivity index (χ4n) is 6.51. The van der Waals surface area contributed by atoms with Crippen molar-refractivity contribution in [3.63, 3.8) is 0 Å². The van der Waals surface area contributed by atoms with Crippen LogP contribution in [0.5, 0.6) is 17.2 Å². The molecule has 3 aromatic carbocycles. The topological polar surface area (TPSA) is 110 Å². The number of aliphatic imine (C=N–C) groups is 1. The number of rotatable bonds is 11. The second kappa shape index (κ2) is 14.5. The van der Waals surface area contributed by atoms with Crippen molar-refractivity contribution < 1.29 is 38.1 Å². The number of carbonyl (C=O) groups is 3. The maximum Gasteiger partial charge on any atom is 0.336 e. The molecule has 9 nitrogen and oxygen atoms in total. The van der Waals surface area contributed by atoms with Gasteiger partial charge in [-0.1, -0.05) is 54.6 Å². The van der Waals surface area contributed by atoms with Gasteiger partial charge in [0.1, 0.15) is 18.3 Å². The Morgan fingerprint density at radius 1 is 0.826 bits per heavy atom. The molecule has 9 heteroatoms. The second-order valence-electron chi connectivity index (χ2n) is 11.1. The van der Waals surface area contributed by atoms with Crippen LogP contribution < -0.4 is 14.2 Å². The highest BCUT2D eigenvalue weighted by molar-refractivity contribution is 6.18. The predicted molar refractivity (Wildman–Crippen MR) is 172 cm³/mol. The molecule has 0 amide bonds. The maximum atomic E-state index is 14.7. The first kappa shape index (κ1) is 32.5. The number of fused-ring (bicyclic) bond motifs is 1. The van der Waals surface area contributed by atoms with E-state index in [1.165, 1.54) is 7.11 Å². The Morgan fingerprint density at radius 3 is 2.22 bits per heavy atom. The van der Waals surface area contributed by atoms with Crippen molar-refractivity contribution in [2.75, 3.05) is 27.4 Å². The first-order valence-corrected chi connectivity index (χ1v) is 15.5. The van der Waals surface area contributed by atoms with E-state index < -0.39 is 35.6 Å². The van der Waals surface area contributed by atoms with Crippen LogP contribution in [0.3, 0.4) is 0 Å². The molecule has 1 aliphatic carbocycles. The third kappa shape index (κ3) is 6.40. The van der Waals surface area contributed by atoms with E-state index in [2.05, 4.69) is 0 Å². The lowest BCUT2D eigenvalue weighted by Gasteiger charge is -2.41. The Labute approximate surface area is 269 Å². The molecule has 1 aliphatic heterocycles. The molecule has 0 spiro atoms. The van der Waals surface area contributed by atoms with Crippen LogP contribution in [0.25, 0.3) is 0 Å². The van der Waals surface area contributed by atoms with Gasteiger partial charge in [0.05, 0.1) is 38.9 Å². The maximum absolute atomic E-state index is 14.7. The zero-order valence-electron chi connectivity index (χ0n) is 26.8. The first-order chi connectivity index (χ1) is 22.3. The predicted octanol–water partition coefficient (Wildman–Crippen LogP) is 6.21. The normalized spacial score (nSPS) is 20.7. The van der Waals surface area contributed by atoms with E-state index >= 15 is 0 Å². The van der Waals surface area contributed by atoms with Crippen molar-refractivity contribution in [1.29, 1.82) is 0 Å². The highest BCUT2D eigenvalue weighted by atomic mass is 16.5. The lowest BCUT2D eigenvalue weighted by atomic mass is 9.62. The Balaban J connectivity index is 1.61. The first-order valence-electron chi connectivity index (χ1n) is 15.5. The molecule has 4 atom stereocenters. The van der Waals surface area contributed by atoms with Crippen molar-refractivity contribution in [2.45, 2.75) is 45.6 Å². The van der Waals surface area contributed by atoms with E-state index in [4.69, 9.17) is 28.7 Å². The number of methoxy groups -OCH3 is 2. The Kier molecular flexibility index (Phi) is 10.2. The van der Waals surface area contributed by atoms with Gasteiger partial charge in [-0.05, 0) is 62.1 Å². The van der Waals surface area contributed by atoms with Gasteiger partial charge in [0, 0.05) is 23.2 Å². The summed E-state index contributed by atoms with van der Waals surface area (Å²) in [6.07, 6.45) is 0.291. The van der Waals surface area contributed by atoms with Crippen LogP contribution >= 0.6 is 0 Å². The van der Waals surface area contributed by atoms with Crippen molar-refractivity contribution >= 4 is 23.4 Å². The van der Waals surface area contributed by atoms with Gasteiger partial charge in [0.15, 0.2) is 17.3 Å². The van der Waals surface area contributed by atoms with Gasteiger partial charge >= 0.3 is 11.9 Å². The minimum atomic E-state index is -1.14. The van der Waals surface area contributed by atoms with Crippen LogP contribution in [0.1, 0.15) is 55.7 Å². The Bertz CT molecular complexity index is 1660. The van der Waals surface area contributed by atoms with Crippen LogP contribution in [0, 0.1) is 11.8 Å². The fraction of sp³-hybridized carbons (Fsp3) is 0.351. The van der Waals surface area contributed by atoms with E-state index in [9.17, 15) is 14.4 Å². The molecule has 46 heavy (non-hydrogen) atoms. The number of allylic oxidation sites excluding steroid dienone is 1. The van der Waals surface area contributed by atoms with Gasteiger partial charge < -0.3 is 23.7 Å². The highest BCUT2D eigenvalue weighted by Gasteiger charge is 2.53. The van der Waals surface area contributed by atoms with Crippen molar-refractivity contribution in [1.82, 2.24) is 0 Å². The summed E-state index contributed by atoms with van der Waals surface area (Å²) in [6.45, 7) is 5.77. The number of ether oxygens (including phenoxy) is 5. The third-order valence-corrected chi connectivity index (χ3v) is 8.51. The lowest BCUT2D eigenvalue weighted by molar-refractivity contribution is -0.153. The number of para-hydroxylation sites is 1. The van der Waals surface area contributed by atoms with Crippen LogP contribution in [0.2, 0.25) is 0 Å². The largest absolute Gasteiger partial charge is 0.496 e. The summed E-state index contributed by atoms with van der Waals surface area (Å²) in [4.78, 5) is 46.6. The van der Waals surface area contributed by atoms with Crippen molar-refractivity contribution in [3.8, 4) is 17.2 Å². The van der Waals surface area contributed by atoms with E-state index in [-0.39, 0.29) is 24.6 Å². The average molecular weight is 626 g/mol. The molecule has 3 aromatic rings. The van der Waals surface area contributed by atoms with Gasteiger partial charge in [-0.15, -0.1) is 0 Å². The minimum absolute atomic E-state index is 0.116. The van der Waals surface area contributed by atoms with Gasteiger partial charge in [-0.25, -0.2) is 4.79 Å². The summed E-state index contributed by atoms with van der Waals surface area (Å²) in [6, 6.07) is 22.5. The zero-order chi connectivity index (χ0) is 32.8. The van der Waals surface area contributed by atoms with Gasteiger partial charge in [-0.2, -0.15) is 0 Å². The second-order valence-corrected chi connectivity index (χ2v) is 11.1. The zero-order valence-corrected chi connectivity index (χ0v) is 26.8. The number of carbonyl (C=O) groups excluding carboxylic acids is 3.